The highest BCUT2D eigenvalue weighted by Gasteiger charge is 2.25. The van der Waals surface area contributed by atoms with Crippen molar-refractivity contribution in [2.45, 2.75) is 6.17 Å². The number of benzene rings is 9. The van der Waals surface area contributed by atoms with Crippen LogP contribution < -0.4 is 5.32 Å². The molecule has 11 aromatic rings. The fourth-order valence-electron chi connectivity index (χ4n) is 8.54. The van der Waals surface area contributed by atoms with Gasteiger partial charge in [0.2, 0.25) is 0 Å². The molecule has 0 fully saturated rings. The van der Waals surface area contributed by atoms with Gasteiger partial charge in [-0.25, -0.2) is 9.98 Å². The maximum Gasteiger partial charge on any atom is 0.159 e. The van der Waals surface area contributed by atoms with E-state index in [2.05, 4.69) is 169 Å². The fraction of sp³-hybridized carbons (Fsp3) is 0.0196. The van der Waals surface area contributed by atoms with Crippen molar-refractivity contribution in [1.82, 2.24) is 5.32 Å². The van der Waals surface area contributed by atoms with E-state index in [1.165, 1.54) is 16.2 Å². The first-order valence-electron chi connectivity index (χ1n) is 18.9. The molecule has 262 valence electrons. The van der Waals surface area contributed by atoms with Gasteiger partial charge in [0.15, 0.2) is 5.84 Å². The lowest BCUT2D eigenvalue weighted by Crippen LogP contribution is -2.33. The molecule has 1 aliphatic rings. The van der Waals surface area contributed by atoms with Gasteiger partial charge in [-0.05, 0) is 74.5 Å². The van der Waals surface area contributed by atoms with Crippen LogP contribution in [-0.4, -0.2) is 11.7 Å². The summed E-state index contributed by atoms with van der Waals surface area (Å²) in [4.78, 5) is 10.5. The van der Waals surface area contributed by atoms with E-state index in [9.17, 15) is 0 Å². The van der Waals surface area contributed by atoms with E-state index in [1.54, 1.807) is 0 Å². The predicted octanol–water partition coefficient (Wildman–Crippen LogP) is 13.1. The van der Waals surface area contributed by atoms with Crippen molar-refractivity contribution < 1.29 is 8.83 Å². The third-order valence-electron chi connectivity index (χ3n) is 11.3. The molecule has 5 heteroatoms. The molecule has 0 spiro atoms. The zero-order chi connectivity index (χ0) is 36.7. The van der Waals surface area contributed by atoms with Gasteiger partial charge < -0.3 is 14.2 Å². The number of furan rings is 2. The molecule has 12 rings (SSSR count). The topological polar surface area (TPSA) is 63.0 Å². The van der Waals surface area contributed by atoms with Gasteiger partial charge in [0.05, 0.1) is 0 Å². The molecule has 56 heavy (non-hydrogen) atoms. The standard InChI is InChI=1S/C51H31N3O2/c1-3-12-33-27-36(21-19-30(33)9-1)49-52-50(37-22-20-31-10-2-4-13-34(31)28-37)54-51(53-49)42-17-8-18-45-46(42)43-29-35(24-26-44(43)55-45)39-15-7-16-40-41-25-23-32-11-5-6-14-38(32)47(41)56-48(39)40/h1-29,49H,(H,52,53,54). The SMILES string of the molecule is c1ccc2cc(C3=NC(c4ccc5ccccc5c4)NC(c4cccc5oc6ccc(-c7cccc8c7oc7c9ccccc9ccc87)cc6c45)=N3)ccc2c1. The average molecular weight is 718 g/mol. The Hall–Kier alpha value is -7.50. The van der Waals surface area contributed by atoms with Gasteiger partial charge in [-0.15, -0.1) is 0 Å². The Morgan fingerprint density at radius 2 is 1.11 bits per heavy atom. The molecule has 0 saturated carbocycles. The molecular formula is C51H31N3O2. The van der Waals surface area contributed by atoms with E-state index >= 15 is 0 Å². The first kappa shape index (κ1) is 30.9. The van der Waals surface area contributed by atoms with Crippen molar-refractivity contribution in [2.75, 3.05) is 0 Å². The number of amidine groups is 2. The molecule has 1 N–H and O–H groups in total. The molecule has 1 unspecified atom stereocenters. The summed E-state index contributed by atoms with van der Waals surface area (Å²) in [6.07, 6.45) is -0.362. The minimum Gasteiger partial charge on any atom is -0.456 e. The van der Waals surface area contributed by atoms with Crippen molar-refractivity contribution in [3.8, 4) is 11.1 Å². The molecular weight excluding hydrogens is 687 g/mol. The molecule has 1 atom stereocenters. The lowest BCUT2D eigenvalue weighted by atomic mass is 9.98. The number of hydrogen-bond donors (Lipinski definition) is 1. The van der Waals surface area contributed by atoms with Gasteiger partial charge in [-0.3, -0.25) is 0 Å². The van der Waals surface area contributed by atoms with Crippen LogP contribution in [0.25, 0.3) is 87.3 Å². The molecule has 0 bridgehead atoms. The van der Waals surface area contributed by atoms with Gasteiger partial charge in [0.1, 0.15) is 34.3 Å². The van der Waals surface area contributed by atoms with Crippen LogP contribution in [0.5, 0.6) is 0 Å². The van der Waals surface area contributed by atoms with Gasteiger partial charge in [-0.2, -0.15) is 0 Å². The first-order chi connectivity index (χ1) is 27.7. The highest BCUT2D eigenvalue weighted by molar-refractivity contribution is 6.23. The number of hydrogen-bond acceptors (Lipinski definition) is 5. The van der Waals surface area contributed by atoms with E-state index in [-0.39, 0.29) is 6.17 Å². The van der Waals surface area contributed by atoms with E-state index < -0.39 is 0 Å². The second kappa shape index (κ2) is 12.0. The third kappa shape index (κ3) is 4.81. The maximum absolute atomic E-state index is 6.75. The van der Waals surface area contributed by atoms with E-state index in [4.69, 9.17) is 18.8 Å². The minimum atomic E-state index is -0.362. The molecule has 2 aromatic heterocycles. The quantitative estimate of drug-likeness (QED) is 0.197. The van der Waals surface area contributed by atoms with Crippen molar-refractivity contribution in [1.29, 1.82) is 0 Å². The lowest BCUT2D eigenvalue weighted by Gasteiger charge is -2.24. The van der Waals surface area contributed by atoms with Crippen LogP contribution in [0.4, 0.5) is 0 Å². The molecule has 9 aromatic carbocycles. The smallest absolute Gasteiger partial charge is 0.159 e. The van der Waals surface area contributed by atoms with E-state index in [0.29, 0.717) is 5.84 Å². The molecule has 0 saturated heterocycles. The number of fused-ring (bicyclic) bond motifs is 10. The van der Waals surface area contributed by atoms with Crippen LogP contribution in [0.2, 0.25) is 0 Å². The predicted molar refractivity (Wildman–Crippen MR) is 231 cm³/mol. The number of rotatable bonds is 4. The molecule has 5 nitrogen and oxygen atoms in total. The summed E-state index contributed by atoms with van der Waals surface area (Å²) in [5.41, 5.74) is 8.45. The van der Waals surface area contributed by atoms with Crippen molar-refractivity contribution in [3.05, 3.63) is 193 Å². The summed E-state index contributed by atoms with van der Waals surface area (Å²) < 4.78 is 13.3. The molecule has 3 heterocycles. The molecule has 0 radical (unpaired) electrons. The summed E-state index contributed by atoms with van der Waals surface area (Å²) in [6.45, 7) is 0. The van der Waals surface area contributed by atoms with Gasteiger partial charge in [0, 0.05) is 43.6 Å². The van der Waals surface area contributed by atoms with Crippen LogP contribution in [-0.2, 0) is 0 Å². The summed E-state index contributed by atoms with van der Waals surface area (Å²) in [6, 6.07) is 61.6. The minimum absolute atomic E-state index is 0.362. The highest BCUT2D eigenvalue weighted by Crippen LogP contribution is 2.41. The largest absolute Gasteiger partial charge is 0.456 e. The van der Waals surface area contributed by atoms with Crippen LogP contribution >= 0.6 is 0 Å². The van der Waals surface area contributed by atoms with Crippen LogP contribution in [0.1, 0.15) is 22.9 Å². The molecule has 0 amide bonds. The second-order valence-electron chi connectivity index (χ2n) is 14.6. The number of para-hydroxylation sites is 1. The average Bonchev–Trinajstić information content (AvgIpc) is 3.84. The van der Waals surface area contributed by atoms with E-state index in [1.807, 2.05) is 12.1 Å². The zero-order valence-corrected chi connectivity index (χ0v) is 30.0. The second-order valence-corrected chi connectivity index (χ2v) is 14.6. The molecule has 0 aliphatic carbocycles. The summed E-state index contributed by atoms with van der Waals surface area (Å²) in [5.74, 6) is 1.42. The van der Waals surface area contributed by atoms with Crippen molar-refractivity contribution >= 4 is 87.9 Å². The Balaban J connectivity index is 1.04. The number of nitrogens with zero attached hydrogens (tertiary/aromatic N) is 2. The highest BCUT2D eigenvalue weighted by atomic mass is 16.3. The Bertz CT molecular complexity index is 3480. The summed E-state index contributed by atoms with van der Waals surface area (Å²) >= 11 is 0. The van der Waals surface area contributed by atoms with Gasteiger partial charge in [-0.1, -0.05) is 140 Å². The Morgan fingerprint density at radius 1 is 0.429 bits per heavy atom. The molecule has 1 aliphatic heterocycles. The lowest BCUT2D eigenvalue weighted by molar-refractivity contribution is 0.667. The van der Waals surface area contributed by atoms with Gasteiger partial charge in [0.25, 0.3) is 0 Å². The van der Waals surface area contributed by atoms with Crippen LogP contribution in [0.3, 0.4) is 0 Å². The zero-order valence-electron chi connectivity index (χ0n) is 30.0. The van der Waals surface area contributed by atoms with Crippen molar-refractivity contribution in [2.24, 2.45) is 9.98 Å². The van der Waals surface area contributed by atoms with Crippen molar-refractivity contribution in [3.63, 3.8) is 0 Å². The van der Waals surface area contributed by atoms with Crippen LogP contribution in [0, 0.1) is 0 Å². The first-order valence-corrected chi connectivity index (χ1v) is 18.9. The Morgan fingerprint density at radius 3 is 1.98 bits per heavy atom. The number of aliphatic imine (C=N–C) groups is 2. The van der Waals surface area contributed by atoms with Gasteiger partial charge >= 0.3 is 0 Å². The maximum atomic E-state index is 6.75. The van der Waals surface area contributed by atoms with E-state index in [0.717, 1.165) is 93.7 Å². The monoisotopic (exact) mass is 717 g/mol. The fourth-order valence-corrected chi connectivity index (χ4v) is 8.54. The third-order valence-corrected chi connectivity index (χ3v) is 11.3. The Labute approximate surface area is 320 Å². The van der Waals surface area contributed by atoms with Crippen LogP contribution in [0.15, 0.2) is 195 Å². The summed E-state index contributed by atoms with van der Waals surface area (Å²) in [5, 5.41) is 14.9. The number of nitrogens with one attached hydrogen (secondary N) is 1. The Kier molecular flexibility index (Phi) is 6.63. The summed E-state index contributed by atoms with van der Waals surface area (Å²) in [7, 11) is 0. The normalized spacial score (nSPS) is 14.6.